The molecule has 1 aliphatic carbocycles. The van der Waals surface area contributed by atoms with Crippen LogP contribution in [0.1, 0.15) is 50.3 Å². The molecule has 1 atom stereocenters. The molecule has 0 radical (unpaired) electrons. The van der Waals surface area contributed by atoms with E-state index < -0.39 is 0 Å². The minimum absolute atomic E-state index is 0.0529. The third-order valence-corrected chi connectivity index (χ3v) is 6.01. The average Bonchev–Trinajstić information content (AvgIpc) is 3.46. The number of hydrogen-bond acceptors (Lipinski definition) is 4. The van der Waals surface area contributed by atoms with Crippen molar-refractivity contribution in [2.45, 2.75) is 58.5 Å². The number of amides is 1. The molecular weight excluding hydrogens is 376 g/mol. The molecular formula is C24H26N4O2. The Morgan fingerprint density at radius 1 is 1.13 bits per heavy atom. The van der Waals surface area contributed by atoms with E-state index in [-0.39, 0.29) is 11.9 Å². The van der Waals surface area contributed by atoms with E-state index in [0.717, 1.165) is 46.5 Å². The maximum absolute atomic E-state index is 12.4. The molecule has 30 heavy (non-hydrogen) atoms. The van der Waals surface area contributed by atoms with Gasteiger partial charge in [0, 0.05) is 48.1 Å². The average molecular weight is 402 g/mol. The van der Waals surface area contributed by atoms with E-state index in [0.29, 0.717) is 11.9 Å². The lowest BCUT2D eigenvalue weighted by Crippen LogP contribution is -2.40. The van der Waals surface area contributed by atoms with Gasteiger partial charge in [-0.25, -0.2) is 4.98 Å². The minimum Gasteiger partial charge on any atom is -0.438 e. The van der Waals surface area contributed by atoms with E-state index in [4.69, 9.17) is 4.74 Å². The molecule has 0 bridgehead atoms. The summed E-state index contributed by atoms with van der Waals surface area (Å²) in [5.41, 5.74) is 5.09. The monoisotopic (exact) mass is 402 g/mol. The molecule has 0 unspecified atom stereocenters. The number of aryl methyl sites for hydroxylation is 1. The molecule has 0 spiro atoms. The topological polar surface area (TPSA) is 60.2 Å². The maximum Gasteiger partial charge on any atom is 0.224 e. The zero-order valence-electron chi connectivity index (χ0n) is 17.6. The van der Waals surface area contributed by atoms with Gasteiger partial charge in [0.25, 0.3) is 0 Å². The molecule has 0 N–H and O–H groups in total. The van der Waals surface area contributed by atoms with E-state index in [1.165, 1.54) is 12.8 Å². The van der Waals surface area contributed by atoms with Gasteiger partial charge >= 0.3 is 0 Å². The maximum atomic E-state index is 12.4. The van der Waals surface area contributed by atoms with Crippen LogP contribution in [0.15, 0.2) is 42.9 Å². The van der Waals surface area contributed by atoms with Crippen LogP contribution in [0, 0.1) is 6.92 Å². The van der Waals surface area contributed by atoms with Crippen LogP contribution in [0.25, 0.3) is 11.1 Å². The minimum atomic E-state index is 0.0529. The first-order valence-corrected chi connectivity index (χ1v) is 10.6. The zero-order chi connectivity index (χ0) is 20.8. The van der Waals surface area contributed by atoms with Crippen molar-refractivity contribution >= 4 is 11.6 Å². The molecule has 0 saturated heterocycles. The second-order valence-corrected chi connectivity index (χ2v) is 8.43. The Hall–Kier alpha value is -3.15. The number of benzene rings is 1. The Morgan fingerprint density at radius 2 is 1.97 bits per heavy atom. The lowest BCUT2D eigenvalue weighted by atomic mass is 9.92. The predicted molar refractivity (Wildman–Crippen MR) is 116 cm³/mol. The first-order chi connectivity index (χ1) is 14.5. The van der Waals surface area contributed by atoms with Crippen LogP contribution in [0.5, 0.6) is 11.6 Å². The molecule has 6 heteroatoms. The molecule has 3 aromatic rings. The molecule has 1 aliphatic heterocycles. The van der Waals surface area contributed by atoms with Crippen molar-refractivity contribution in [1.29, 1.82) is 0 Å². The van der Waals surface area contributed by atoms with Crippen LogP contribution >= 0.6 is 0 Å². The Kier molecular flexibility index (Phi) is 4.57. The lowest BCUT2D eigenvalue weighted by Gasteiger charge is -2.35. The predicted octanol–water partition coefficient (Wildman–Crippen LogP) is 5.07. The molecule has 1 amide bonds. The molecule has 3 heterocycles. The Morgan fingerprint density at radius 3 is 2.67 bits per heavy atom. The number of pyridine rings is 1. The third-order valence-electron chi connectivity index (χ3n) is 6.01. The Labute approximate surface area is 176 Å². The number of aromatic nitrogens is 3. The van der Waals surface area contributed by atoms with E-state index >= 15 is 0 Å². The van der Waals surface area contributed by atoms with Crippen molar-refractivity contribution in [3.05, 3.63) is 54.0 Å². The van der Waals surface area contributed by atoms with Crippen LogP contribution < -0.4 is 9.64 Å². The highest BCUT2D eigenvalue weighted by molar-refractivity contribution is 5.95. The normalized spacial score (nSPS) is 18.2. The SMILES string of the molecule is CC(=O)N1c2ccc(-c3cnn(C4CC4)c3)c(Oc3ccc(C)cn3)c2CC[C@@H]1C. The van der Waals surface area contributed by atoms with Crippen LogP contribution in [0.4, 0.5) is 5.69 Å². The number of nitrogens with zero attached hydrogens (tertiary/aromatic N) is 4. The fourth-order valence-corrected chi connectivity index (χ4v) is 4.26. The summed E-state index contributed by atoms with van der Waals surface area (Å²) in [5, 5.41) is 4.56. The van der Waals surface area contributed by atoms with Crippen LogP contribution in [0.2, 0.25) is 0 Å². The van der Waals surface area contributed by atoms with Gasteiger partial charge in [0.15, 0.2) is 0 Å². The van der Waals surface area contributed by atoms with Gasteiger partial charge < -0.3 is 9.64 Å². The second kappa shape index (κ2) is 7.27. The summed E-state index contributed by atoms with van der Waals surface area (Å²) in [6.07, 6.45) is 9.94. The summed E-state index contributed by atoms with van der Waals surface area (Å²) >= 11 is 0. The summed E-state index contributed by atoms with van der Waals surface area (Å²) in [4.78, 5) is 18.7. The summed E-state index contributed by atoms with van der Waals surface area (Å²) in [6, 6.07) is 8.67. The zero-order valence-corrected chi connectivity index (χ0v) is 17.6. The summed E-state index contributed by atoms with van der Waals surface area (Å²) in [6.45, 7) is 5.73. The fourth-order valence-electron chi connectivity index (χ4n) is 4.26. The lowest BCUT2D eigenvalue weighted by molar-refractivity contribution is -0.117. The summed E-state index contributed by atoms with van der Waals surface area (Å²) in [7, 11) is 0. The Bertz CT molecular complexity index is 1100. The first-order valence-electron chi connectivity index (χ1n) is 10.6. The van der Waals surface area contributed by atoms with Crippen molar-refractivity contribution in [1.82, 2.24) is 14.8 Å². The van der Waals surface area contributed by atoms with E-state index in [2.05, 4.69) is 23.2 Å². The summed E-state index contributed by atoms with van der Waals surface area (Å²) in [5.74, 6) is 1.38. The van der Waals surface area contributed by atoms with Crippen LogP contribution in [0.3, 0.4) is 0 Å². The van der Waals surface area contributed by atoms with Gasteiger partial charge in [-0.1, -0.05) is 6.07 Å². The molecule has 1 aromatic carbocycles. The van der Waals surface area contributed by atoms with Crippen molar-refractivity contribution in [2.75, 3.05) is 4.90 Å². The Balaban J connectivity index is 1.64. The largest absolute Gasteiger partial charge is 0.438 e. The van der Waals surface area contributed by atoms with E-state index in [1.807, 2.05) is 47.0 Å². The molecule has 6 nitrogen and oxygen atoms in total. The third kappa shape index (κ3) is 3.36. The number of fused-ring (bicyclic) bond motifs is 1. The molecule has 1 fully saturated rings. The number of hydrogen-bond donors (Lipinski definition) is 0. The number of ether oxygens (including phenoxy) is 1. The molecule has 2 aromatic heterocycles. The van der Waals surface area contributed by atoms with Gasteiger partial charge in [0.2, 0.25) is 11.8 Å². The van der Waals surface area contributed by atoms with Crippen molar-refractivity contribution in [3.63, 3.8) is 0 Å². The van der Waals surface area contributed by atoms with Crippen molar-refractivity contribution in [2.24, 2.45) is 0 Å². The highest BCUT2D eigenvalue weighted by Crippen LogP contribution is 2.45. The van der Waals surface area contributed by atoms with Gasteiger partial charge in [-0.2, -0.15) is 5.10 Å². The molecule has 5 rings (SSSR count). The van der Waals surface area contributed by atoms with Gasteiger partial charge in [0.1, 0.15) is 5.75 Å². The molecule has 2 aliphatic rings. The van der Waals surface area contributed by atoms with Crippen molar-refractivity contribution in [3.8, 4) is 22.8 Å². The van der Waals surface area contributed by atoms with E-state index in [1.54, 1.807) is 13.1 Å². The van der Waals surface area contributed by atoms with Gasteiger partial charge in [-0.15, -0.1) is 0 Å². The highest BCUT2D eigenvalue weighted by atomic mass is 16.5. The smallest absolute Gasteiger partial charge is 0.224 e. The van der Waals surface area contributed by atoms with Gasteiger partial charge in [-0.3, -0.25) is 9.48 Å². The second-order valence-electron chi connectivity index (χ2n) is 8.43. The van der Waals surface area contributed by atoms with Gasteiger partial charge in [-0.05, 0) is 57.2 Å². The van der Waals surface area contributed by atoms with Gasteiger partial charge in [0.05, 0.1) is 17.9 Å². The van der Waals surface area contributed by atoms with Crippen LogP contribution in [-0.4, -0.2) is 26.7 Å². The number of carbonyl (C=O) groups excluding carboxylic acids is 1. The highest BCUT2D eigenvalue weighted by Gasteiger charge is 2.31. The summed E-state index contributed by atoms with van der Waals surface area (Å²) < 4.78 is 8.43. The van der Waals surface area contributed by atoms with E-state index in [9.17, 15) is 4.79 Å². The quantitative estimate of drug-likeness (QED) is 0.611. The van der Waals surface area contributed by atoms with Crippen molar-refractivity contribution < 1.29 is 9.53 Å². The number of carbonyl (C=O) groups is 1. The number of rotatable bonds is 4. The fraction of sp³-hybridized carbons (Fsp3) is 0.375. The number of anilines is 1. The first kappa shape index (κ1) is 18.9. The molecule has 1 saturated carbocycles. The standard InChI is InChI=1S/C24H26N4O2/c1-15-4-11-23(25-12-15)30-24-20(18-13-26-27(14-18)19-6-7-19)9-10-22-21(24)8-5-16(2)28(22)17(3)29/h4,9-14,16,19H,5-8H2,1-3H3/t16-/m0/s1. The van der Waals surface area contributed by atoms with Crippen LogP contribution in [-0.2, 0) is 11.2 Å². The molecule has 154 valence electrons.